The van der Waals surface area contributed by atoms with Crippen LogP contribution in [0, 0.1) is 6.92 Å². The van der Waals surface area contributed by atoms with Gasteiger partial charge in [-0.3, -0.25) is 9.48 Å². The molecule has 7 nitrogen and oxygen atoms in total. The molecule has 2 aromatic heterocycles. The normalized spacial score (nSPS) is 15.6. The summed E-state index contributed by atoms with van der Waals surface area (Å²) in [5.41, 5.74) is 2.74. The molecule has 0 bridgehead atoms. The van der Waals surface area contributed by atoms with Gasteiger partial charge in [0.25, 0.3) is 0 Å². The zero-order valence-corrected chi connectivity index (χ0v) is 14.8. The topological polar surface area (TPSA) is 68.8 Å². The standard InChI is InChI=1S/C17H26N6O/c1-4-23(14-8-6-5-7-9-14)16(24)12-22-11-15(19-20-22)17-13(2)10-18-21(17)3/h10-11,14H,4-9,12H2,1-3H3. The number of rotatable bonds is 5. The highest BCUT2D eigenvalue weighted by Crippen LogP contribution is 2.23. The summed E-state index contributed by atoms with van der Waals surface area (Å²) in [6.45, 7) is 5.05. The average Bonchev–Trinajstić information content (AvgIpc) is 3.15. The van der Waals surface area contributed by atoms with Crippen LogP contribution in [-0.4, -0.2) is 48.2 Å². The van der Waals surface area contributed by atoms with Crippen molar-refractivity contribution in [1.29, 1.82) is 0 Å². The number of hydrogen-bond donors (Lipinski definition) is 0. The summed E-state index contributed by atoms with van der Waals surface area (Å²) in [6, 6.07) is 0.388. The molecule has 130 valence electrons. The lowest BCUT2D eigenvalue weighted by Gasteiger charge is -2.33. The molecule has 1 aliphatic carbocycles. The molecule has 0 N–H and O–H groups in total. The SMILES string of the molecule is CCN(C(=O)Cn1cc(-c2c(C)cnn2C)nn1)C1CCCCC1. The van der Waals surface area contributed by atoms with Gasteiger partial charge in [0.2, 0.25) is 5.91 Å². The van der Waals surface area contributed by atoms with Crippen LogP contribution in [0.25, 0.3) is 11.4 Å². The van der Waals surface area contributed by atoms with Crippen molar-refractivity contribution in [3.8, 4) is 11.4 Å². The third-order valence-corrected chi connectivity index (χ3v) is 4.88. The van der Waals surface area contributed by atoms with E-state index in [2.05, 4.69) is 22.3 Å². The van der Waals surface area contributed by atoms with Crippen molar-refractivity contribution in [3.63, 3.8) is 0 Å². The van der Waals surface area contributed by atoms with E-state index in [0.717, 1.165) is 36.3 Å². The summed E-state index contributed by atoms with van der Waals surface area (Å²) >= 11 is 0. The molecule has 1 saturated carbocycles. The van der Waals surface area contributed by atoms with E-state index in [1.165, 1.54) is 19.3 Å². The Morgan fingerprint density at radius 2 is 2.08 bits per heavy atom. The van der Waals surface area contributed by atoms with E-state index in [0.29, 0.717) is 6.04 Å². The van der Waals surface area contributed by atoms with E-state index in [4.69, 9.17) is 0 Å². The first kappa shape index (κ1) is 16.7. The van der Waals surface area contributed by atoms with Gasteiger partial charge in [0, 0.05) is 19.6 Å². The Morgan fingerprint density at radius 1 is 1.33 bits per heavy atom. The fourth-order valence-electron chi connectivity index (χ4n) is 3.66. The first-order valence-electron chi connectivity index (χ1n) is 8.78. The zero-order chi connectivity index (χ0) is 17.1. The Kier molecular flexibility index (Phi) is 4.97. The van der Waals surface area contributed by atoms with Gasteiger partial charge in [-0.05, 0) is 32.3 Å². The van der Waals surface area contributed by atoms with Crippen molar-refractivity contribution in [3.05, 3.63) is 18.0 Å². The molecule has 0 aliphatic heterocycles. The molecule has 1 aliphatic rings. The maximum absolute atomic E-state index is 12.7. The number of likely N-dealkylation sites (N-methyl/N-ethyl adjacent to an activating group) is 1. The molecule has 0 atom stereocenters. The van der Waals surface area contributed by atoms with Crippen molar-refractivity contribution in [2.24, 2.45) is 7.05 Å². The highest BCUT2D eigenvalue weighted by atomic mass is 16.2. The molecule has 2 aromatic rings. The van der Waals surface area contributed by atoms with E-state index in [9.17, 15) is 4.79 Å². The van der Waals surface area contributed by atoms with Gasteiger partial charge in [0.15, 0.2) is 0 Å². The highest BCUT2D eigenvalue weighted by molar-refractivity contribution is 5.76. The number of amides is 1. The molecular weight excluding hydrogens is 304 g/mol. The first-order chi connectivity index (χ1) is 11.6. The second-order valence-electron chi connectivity index (χ2n) is 6.57. The lowest BCUT2D eigenvalue weighted by molar-refractivity contribution is -0.134. The molecule has 0 saturated heterocycles. The third-order valence-electron chi connectivity index (χ3n) is 4.88. The van der Waals surface area contributed by atoms with Crippen molar-refractivity contribution in [1.82, 2.24) is 29.7 Å². The van der Waals surface area contributed by atoms with Crippen molar-refractivity contribution >= 4 is 5.91 Å². The molecule has 24 heavy (non-hydrogen) atoms. The van der Waals surface area contributed by atoms with Crippen LogP contribution >= 0.6 is 0 Å². The minimum Gasteiger partial charge on any atom is -0.338 e. The lowest BCUT2D eigenvalue weighted by Crippen LogP contribution is -2.43. The molecule has 0 unspecified atom stereocenters. The van der Waals surface area contributed by atoms with Crippen LogP contribution in [0.4, 0.5) is 0 Å². The summed E-state index contributed by atoms with van der Waals surface area (Å²) in [5, 5.41) is 12.6. The van der Waals surface area contributed by atoms with Gasteiger partial charge in [-0.15, -0.1) is 5.10 Å². The summed E-state index contributed by atoms with van der Waals surface area (Å²) in [5.74, 6) is 0.127. The monoisotopic (exact) mass is 330 g/mol. The van der Waals surface area contributed by atoms with Crippen LogP contribution in [0.2, 0.25) is 0 Å². The van der Waals surface area contributed by atoms with Crippen LogP contribution in [0.3, 0.4) is 0 Å². The van der Waals surface area contributed by atoms with E-state index in [1.807, 2.05) is 25.1 Å². The Labute approximate surface area is 142 Å². The molecule has 7 heteroatoms. The smallest absolute Gasteiger partial charge is 0.244 e. The molecule has 0 spiro atoms. The van der Waals surface area contributed by atoms with Crippen molar-refractivity contribution in [2.45, 2.75) is 58.5 Å². The van der Waals surface area contributed by atoms with E-state index < -0.39 is 0 Å². The summed E-state index contributed by atoms with van der Waals surface area (Å²) < 4.78 is 3.42. The second-order valence-corrected chi connectivity index (χ2v) is 6.57. The van der Waals surface area contributed by atoms with Crippen LogP contribution in [-0.2, 0) is 18.4 Å². The summed E-state index contributed by atoms with van der Waals surface area (Å²) in [7, 11) is 1.88. The predicted molar refractivity (Wildman–Crippen MR) is 91.2 cm³/mol. The number of carbonyl (C=O) groups excluding carboxylic acids is 1. The predicted octanol–water partition coefficient (Wildman–Crippen LogP) is 2.17. The van der Waals surface area contributed by atoms with Gasteiger partial charge < -0.3 is 4.90 Å². The molecule has 0 radical (unpaired) electrons. The Hall–Kier alpha value is -2.18. The van der Waals surface area contributed by atoms with Gasteiger partial charge in [-0.2, -0.15) is 5.10 Å². The fraction of sp³-hybridized carbons (Fsp3) is 0.647. The van der Waals surface area contributed by atoms with Gasteiger partial charge in [-0.1, -0.05) is 24.5 Å². The molecule has 1 amide bonds. The Balaban J connectivity index is 1.70. The number of aryl methyl sites for hydroxylation is 2. The molecular formula is C17H26N6O. The van der Waals surface area contributed by atoms with Gasteiger partial charge in [0.1, 0.15) is 12.2 Å². The minimum absolute atomic E-state index is 0.127. The summed E-state index contributed by atoms with van der Waals surface area (Å²) in [4.78, 5) is 14.7. The average molecular weight is 330 g/mol. The van der Waals surface area contributed by atoms with Crippen LogP contribution in [0.15, 0.2) is 12.4 Å². The highest BCUT2D eigenvalue weighted by Gasteiger charge is 2.24. The van der Waals surface area contributed by atoms with E-state index in [-0.39, 0.29) is 12.5 Å². The largest absolute Gasteiger partial charge is 0.338 e. The van der Waals surface area contributed by atoms with Gasteiger partial charge in [0.05, 0.1) is 18.1 Å². The van der Waals surface area contributed by atoms with Crippen LogP contribution in [0.5, 0.6) is 0 Å². The lowest BCUT2D eigenvalue weighted by atomic mass is 9.94. The van der Waals surface area contributed by atoms with Gasteiger partial charge in [-0.25, -0.2) is 4.68 Å². The van der Waals surface area contributed by atoms with E-state index in [1.54, 1.807) is 15.6 Å². The zero-order valence-electron chi connectivity index (χ0n) is 14.8. The minimum atomic E-state index is 0.127. The number of hydrogen-bond acceptors (Lipinski definition) is 4. The Bertz CT molecular complexity index is 678. The number of carbonyl (C=O) groups is 1. The quantitative estimate of drug-likeness (QED) is 0.842. The summed E-state index contributed by atoms with van der Waals surface area (Å²) in [6.07, 6.45) is 9.62. The second kappa shape index (κ2) is 7.15. The number of aromatic nitrogens is 5. The molecule has 2 heterocycles. The molecule has 0 aromatic carbocycles. The number of nitrogens with zero attached hydrogens (tertiary/aromatic N) is 6. The third kappa shape index (κ3) is 3.34. The van der Waals surface area contributed by atoms with E-state index >= 15 is 0 Å². The Morgan fingerprint density at radius 3 is 2.71 bits per heavy atom. The van der Waals surface area contributed by atoms with Crippen molar-refractivity contribution < 1.29 is 4.79 Å². The van der Waals surface area contributed by atoms with Crippen molar-refractivity contribution in [2.75, 3.05) is 6.54 Å². The maximum Gasteiger partial charge on any atom is 0.244 e. The van der Waals surface area contributed by atoms with Gasteiger partial charge >= 0.3 is 0 Å². The molecule has 3 rings (SSSR count). The van der Waals surface area contributed by atoms with Crippen LogP contribution in [0.1, 0.15) is 44.6 Å². The first-order valence-corrected chi connectivity index (χ1v) is 8.78. The fourth-order valence-corrected chi connectivity index (χ4v) is 3.66. The molecule has 1 fully saturated rings. The van der Waals surface area contributed by atoms with Crippen LogP contribution < -0.4 is 0 Å². The maximum atomic E-state index is 12.7.